The molecule has 1 rings (SSSR count). The van der Waals surface area contributed by atoms with Crippen molar-refractivity contribution in [3.05, 3.63) is 23.8 Å². The van der Waals surface area contributed by atoms with Crippen molar-refractivity contribution >= 4 is 5.97 Å². The molecule has 0 bridgehead atoms. The Morgan fingerprint density at radius 3 is 2.20 bits per heavy atom. The maximum atomic E-state index is 10.3. The van der Waals surface area contributed by atoms with Crippen LogP contribution in [0.5, 0.6) is 11.5 Å². The van der Waals surface area contributed by atoms with Gasteiger partial charge < -0.3 is 14.6 Å². The Morgan fingerprint density at radius 2 is 1.80 bits per heavy atom. The largest absolute Gasteiger partial charge is 0.495 e. The van der Waals surface area contributed by atoms with Crippen molar-refractivity contribution in [2.75, 3.05) is 14.2 Å². The van der Waals surface area contributed by atoms with E-state index in [9.17, 15) is 4.79 Å². The number of aliphatic carboxylic acids is 1. The van der Waals surface area contributed by atoms with Crippen LogP contribution in [-0.4, -0.2) is 25.3 Å². The fourth-order valence-electron chi connectivity index (χ4n) is 1.09. The van der Waals surface area contributed by atoms with Gasteiger partial charge in [0, 0.05) is 5.92 Å². The monoisotopic (exact) mass is 206 g/mol. The molecule has 15 heavy (non-hydrogen) atoms. The number of carboxylic acid groups (broad SMARTS) is 1. The molecule has 0 radical (unpaired) electrons. The van der Waals surface area contributed by atoms with Crippen LogP contribution in [0.2, 0.25) is 0 Å². The van der Waals surface area contributed by atoms with E-state index >= 15 is 0 Å². The molecule has 1 aromatic rings. The Bertz CT molecular complexity index is 404. The summed E-state index contributed by atoms with van der Waals surface area (Å²) in [5, 5.41) is 8.45. The Morgan fingerprint density at radius 1 is 1.27 bits per heavy atom. The lowest BCUT2D eigenvalue weighted by Crippen LogP contribution is -1.94. The Hall–Kier alpha value is -2.15. The van der Waals surface area contributed by atoms with E-state index in [4.69, 9.17) is 14.6 Å². The van der Waals surface area contributed by atoms with Crippen molar-refractivity contribution < 1.29 is 19.4 Å². The van der Waals surface area contributed by atoms with Crippen LogP contribution < -0.4 is 9.47 Å². The van der Waals surface area contributed by atoms with Gasteiger partial charge in [0.15, 0.2) is 0 Å². The highest BCUT2D eigenvalue weighted by Crippen LogP contribution is 2.26. The fraction of sp³-hybridized carbons (Fsp3) is 0.182. The first-order valence-electron chi connectivity index (χ1n) is 4.15. The standard InChI is InChI=1S/C11H10O4/c1-14-9-4-3-5-10(15-2)8(9)6-7-11(12)13/h3-5H,1-2H3,(H,12,13). The Kier molecular flexibility index (Phi) is 3.58. The first kappa shape index (κ1) is 10.9. The van der Waals surface area contributed by atoms with Gasteiger partial charge in [0.1, 0.15) is 17.1 Å². The van der Waals surface area contributed by atoms with E-state index in [1.807, 2.05) is 5.92 Å². The van der Waals surface area contributed by atoms with Crippen LogP contribution in [0.25, 0.3) is 0 Å². The van der Waals surface area contributed by atoms with E-state index in [-0.39, 0.29) is 0 Å². The molecule has 0 atom stereocenters. The lowest BCUT2D eigenvalue weighted by atomic mass is 10.2. The van der Waals surface area contributed by atoms with Crippen LogP contribution in [-0.2, 0) is 4.79 Å². The molecule has 4 heteroatoms. The lowest BCUT2D eigenvalue weighted by Gasteiger charge is -2.07. The summed E-state index contributed by atoms with van der Waals surface area (Å²) in [7, 11) is 2.97. The van der Waals surface area contributed by atoms with Crippen molar-refractivity contribution in [3.8, 4) is 23.3 Å². The molecule has 0 spiro atoms. The zero-order valence-electron chi connectivity index (χ0n) is 8.40. The summed E-state index contributed by atoms with van der Waals surface area (Å²) in [5.74, 6) is 4.29. The first-order valence-corrected chi connectivity index (χ1v) is 4.15. The zero-order chi connectivity index (χ0) is 11.3. The fourth-order valence-corrected chi connectivity index (χ4v) is 1.09. The van der Waals surface area contributed by atoms with Gasteiger partial charge in [-0.2, -0.15) is 0 Å². The Balaban J connectivity index is 3.24. The third-order valence-corrected chi connectivity index (χ3v) is 1.72. The van der Waals surface area contributed by atoms with Gasteiger partial charge in [0.2, 0.25) is 0 Å². The third-order valence-electron chi connectivity index (χ3n) is 1.72. The van der Waals surface area contributed by atoms with Crippen LogP contribution in [0, 0.1) is 11.8 Å². The van der Waals surface area contributed by atoms with Crippen LogP contribution in [0.4, 0.5) is 0 Å². The highest BCUT2D eigenvalue weighted by atomic mass is 16.5. The zero-order valence-corrected chi connectivity index (χ0v) is 8.40. The number of hydrogen-bond donors (Lipinski definition) is 1. The van der Waals surface area contributed by atoms with Crippen molar-refractivity contribution in [1.82, 2.24) is 0 Å². The van der Waals surface area contributed by atoms with E-state index in [0.29, 0.717) is 17.1 Å². The van der Waals surface area contributed by atoms with Crippen LogP contribution in [0.1, 0.15) is 5.56 Å². The molecule has 4 nitrogen and oxygen atoms in total. The van der Waals surface area contributed by atoms with E-state index in [2.05, 4.69) is 5.92 Å². The molecule has 0 heterocycles. The molecule has 1 aromatic carbocycles. The maximum absolute atomic E-state index is 10.3. The average molecular weight is 206 g/mol. The van der Waals surface area contributed by atoms with Gasteiger partial charge in [0.25, 0.3) is 0 Å². The molecule has 0 saturated carbocycles. The third kappa shape index (κ3) is 2.64. The van der Waals surface area contributed by atoms with E-state index in [1.165, 1.54) is 14.2 Å². The van der Waals surface area contributed by atoms with Crippen molar-refractivity contribution in [2.45, 2.75) is 0 Å². The van der Waals surface area contributed by atoms with Gasteiger partial charge in [-0.25, -0.2) is 4.79 Å². The van der Waals surface area contributed by atoms with Crippen molar-refractivity contribution in [1.29, 1.82) is 0 Å². The minimum absolute atomic E-state index is 0.435. The number of carbonyl (C=O) groups is 1. The molecule has 0 aliphatic rings. The van der Waals surface area contributed by atoms with Crippen molar-refractivity contribution in [2.24, 2.45) is 0 Å². The van der Waals surface area contributed by atoms with Crippen LogP contribution >= 0.6 is 0 Å². The molecular weight excluding hydrogens is 196 g/mol. The van der Waals surface area contributed by atoms with Gasteiger partial charge in [-0.15, -0.1) is 0 Å². The molecule has 0 aromatic heterocycles. The molecule has 0 saturated heterocycles. The lowest BCUT2D eigenvalue weighted by molar-refractivity contribution is -0.130. The number of benzene rings is 1. The SMILES string of the molecule is COc1cccc(OC)c1C#CC(=O)O. The first-order chi connectivity index (χ1) is 7.19. The van der Waals surface area contributed by atoms with Gasteiger partial charge in [-0.1, -0.05) is 6.07 Å². The predicted molar refractivity (Wildman–Crippen MR) is 54.1 cm³/mol. The van der Waals surface area contributed by atoms with Gasteiger partial charge in [0.05, 0.1) is 14.2 Å². The minimum atomic E-state index is -1.19. The van der Waals surface area contributed by atoms with Gasteiger partial charge >= 0.3 is 5.97 Å². The number of ether oxygens (including phenoxy) is 2. The van der Waals surface area contributed by atoms with Crippen molar-refractivity contribution in [3.63, 3.8) is 0 Å². The van der Waals surface area contributed by atoms with E-state index in [0.717, 1.165) is 0 Å². The van der Waals surface area contributed by atoms with Gasteiger partial charge in [-0.3, -0.25) is 0 Å². The normalized spacial score (nSPS) is 8.67. The number of hydrogen-bond acceptors (Lipinski definition) is 3. The molecule has 0 aliphatic heterocycles. The molecule has 0 unspecified atom stereocenters. The molecule has 0 amide bonds. The molecule has 0 fully saturated rings. The number of rotatable bonds is 2. The highest BCUT2D eigenvalue weighted by Gasteiger charge is 2.06. The predicted octanol–water partition coefficient (Wildman–Crippen LogP) is 1.14. The summed E-state index contributed by atoms with van der Waals surface area (Å²) >= 11 is 0. The second-order valence-corrected chi connectivity index (χ2v) is 2.59. The molecule has 78 valence electrons. The quantitative estimate of drug-likeness (QED) is 0.737. The second-order valence-electron chi connectivity index (χ2n) is 2.59. The second kappa shape index (κ2) is 4.91. The minimum Gasteiger partial charge on any atom is -0.495 e. The summed E-state index contributed by atoms with van der Waals surface area (Å²) < 4.78 is 10.1. The summed E-state index contributed by atoms with van der Waals surface area (Å²) in [6.45, 7) is 0. The van der Waals surface area contributed by atoms with Crippen LogP contribution in [0.15, 0.2) is 18.2 Å². The van der Waals surface area contributed by atoms with Gasteiger partial charge in [-0.05, 0) is 18.1 Å². The average Bonchev–Trinajstić information content (AvgIpc) is 2.25. The summed E-state index contributed by atoms with van der Waals surface area (Å²) in [5.41, 5.74) is 0.435. The smallest absolute Gasteiger partial charge is 0.382 e. The Labute approximate surface area is 87.4 Å². The maximum Gasteiger partial charge on any atom is 0.382 e. The molecular formula is C11H10O4. The van der Waals surface area contributed by atoms with E-state index < -0.39 is 5.97 Å². The molecule has 0 aliphatic carbocycles. The summed E-state index contributed by atoms with van der Waals surface area (Å²) in [6, 6.07) is 5.12. The number of carboxylic acids is 1. The summed E-state index contributed by atoms with van der Waals surface area (Å²) in [4.78, 5) is 10.3. The highest BCUT2D eigenvalue weighted by molar-refractivity contribution is 5.87. The number of methoxy groups -OCH3 is 2. The van der Waals surface area contributed by atoms with E-state index in [1.54, 1.807) is 18.2 Å². The summed E-state index contributed by atoms with van der Waals surface area (Å²) in [6.07, 6.45) is 0. The topological polar surface area (TPSA) is 55.8 Å². The molecule has 1 N–H and O–H groups in total. The van der Waals surface area contributed by atoms with Crippen LogP contribution in [0.3, 0.4) is 0 Å².